The molecule has 1 saturated heterocycles. The van der Waals surface area contributed by atoms with Gasteiger partial charge in [0.2, 0.25) is 5.91 Å². The molecule has 1 fully saturated rings. The van der Waals surface area contributed by atoms with Crippen molar-refractivity contribution in [3.8, 4) is 0 Å². The first-order valence-electron chi connectivity index (χ1n) is 11.9. The van der Waals surface area contributed by atoms with Crippen LogP contribution >= 0.6 is 0 Å². The predicted molar refractivity (Wildman–Crippen MR) is 143 cm³/mol. The summed E-state index contributed by atoms with van der Waals surface area (Å²) in [5, 5.41) is 6.37. The number of nitrogens with one attached hydrogen (secondary N) is 2. The molecule has 1 amide bonds. The third-order valence-corrected chi connectivity index (χ3v) is 6.75. The van der Waals surface area contributed by atoms with Gasteiger partial charge in [-0.3, -0.25) is 4.79 Å². The summed E-state index contributed by atoms with van der Waals surface area (Å²) in [6.45, 7) is 7.86. The number of fused-ring (bicyclic) bond motifs is 1. The average Bonchev–Trinajstić information content (AvgIpc) is 3.33. The van der Waals surface area contributed by atoms with E-state index < -0.39 is 0 Å². The van der Waals surface area contributed by atoms with Gasteiger partial charge in [-0.05, 0) is 55.5 Å². The van der Waals surface area contributed by atoms with Crippen molar-refractivity contribution in [2.24, 2.45) is 9.98 Å². The van der Waals surface area contributed by atoms with Crippen molar-refractivity contribution in [2.75, 3.05) is 50.5 Å². The number of aliphatic imine (C=N–C) groups is 2. The number of amidine groups is 1. The summed E-state index contributed by atoms with van der Waals surface area (Å²) in [6.07, 6.45) is 12.5. The first-order chi connectivity index (χ1) is 17.0. The number of piperazine rings is 1. The summed E-state index contributed by atoms with van der Waals surface area (Å²) < 4.78 is 0. The molecule has 0 spiro atoms. The smallest absolute Gasteiger partial charge is 0.247 e. The second-order valence-electron chi connectivity index (χ2n) is 9.06. The maximum Gasteiger partial charge on any atom is 0.247 e. The molecule has 2 N–H and O–H groups in total. The molecule has 4 aliphatic rings. The Bertz CT molecular complexity index is 1210. The second kappa shape index (κ2) is 9.76. The van der Waals surface area contributed by atoms with Crippen LogP contribution in [0.25, 0.3) is 0 Å². The minimum atomic E-state index is -0.239. The Hall–Kier alpha value is -3.91. The van der Waals surface area contributed by atoms with Gasteiger partial charge in [-0.15, -0.1) is 0 Å². The van der Waals surface area contributed by atoms with Crippen LogP contribution in [0.1, 0.15) is 6.42 Å². The highest BCUT2D eigenvalue weighted by molar-refractivity contribution is 6.14. The zero-order valence-electron chi connectivity index (χ0n) is 20.2. The fraction of sp³-hybridized carbons (Fsp3) is 0.296. The van der Waals surface area contributed by atoms with E-state index in [-0.39, 0.29) is 12.1 Å². The van der Waals surface area contributed by atoms with E-state index in [2.05, 4.69) is 68.3 Å². The summed E-state index contributed by atoms with van der Waals surface area (Å²) in [5.74, 6) is 0.588. The van der Waals surface area contributed by atoms with Gasteiger partial charge >= 0.3 is 0 Å². The number of rotatable bonds is 4. The zero-order chi connectivity index (χ0) is 24.4. The Morgan fingerprint density at radius 1 is 1.26 bits per heavy atom. The van der Waals surface area contributed by atoms with E-state index in [0.717, 1.165) is 55.4 Å². The number of nitrogens with zero attached hydrogens (tertiary/aromatic N) is 5. The lowest BCUT2D eigenvalue weighted by molar-refractivity contribution is -0.111. The van der Waals surface area contributed by atoms with Crippen LogP contribution in [0.2, 0.25) is 0 Å². The number of allylic oxidation sites excluding steroid dienone is 5. The SMILES string of the molecule is C=CC(=O)Nc1cccc(N(C)C2=NC=NC3NC(=C4C=CC(N5CCN(C)CC5)=CC4)C=C23)c1. The van der Waals surface area contributed by atoms with Crippen LogP contribution in [0.5, 0.6) is 0 Å². The van der Waals surface area contributed by atoms with E-state index in [9.17, 15) is 4.79 Å². The van der Waals surface area contributed by atoms with Gasteiger partial charge in [0, 0.05) is 61.6 Å². The molecule has 5 rings (SSSR count). The van der Waals surface area contributed by atoms with Crippen molar-refractivity contribution < 1.29 is 4.79 Å². The molecule has 35 heavy (non-hydrogen) atoms. The van der Waals surface area contributed by atoms with Crippen LogP contribution in [0.15, 0.2) is 93.7 Å². The van der Waals surface area contributed by atoms with Gasteiger partial charge < -0.3 is 25.3 Å². The molecule has 1 aliphatic carbocycles. The van der Waals surface area contributed by atoms with Crippen molar-refractivity contribution in [2.45, 2.75) is 12.6 Å². The van der Waals surface area contributed by atoms with Gasteiger partial charge in [0.1, 0.15) is 18.3 Å². The lowest BCUT2D eigenvalue weighted by Gasteiger charge is -2.35. The molecule has 8 heteroatoms. The van der Waals surface area contributed by atoms with E-state index in [1.165, 1.54) is 17.3 Å². The van der Waals surface area contributed by atoms with Crippen LogP contribution in [0.4, 0.5) is 11.4 Å². The van der Waals surface area contributed by atoms with Gasteiger partial charge in [-0.1, -0.05) is 24.8 Å². The summed E-state index contributed by atoms with van der Waals surface area (Å²) in [5.41, 5.74) is 6.30. The van der Waals surface area contributed by atoms with Crippen LogP contribution in [0, 0.1) is 0 Å². The molecule has 1 atom stereocenters. The largest absolute Gasteiger partial charge is 0.369 e. The monoisotopic (exact) mass is 469 g/mol. The molecule has 1 aromatic rings. The highest BCUT2D eigenvalue weighted by atomic mass is 16.1. The normalized spacial score (nSPS) is 23.7. The van der Waals surface area contributed by atoms with E-state index >= 15 is 0 Å². The van der Waals surface area contributed by atoms with Crippen molar-refractivity contribution in [3.05, 3.63) is 83.8 Å². The lowest BCUT2D eigenvalue weighted by atomic mass is 10.0. The van der Waals surface area contributed by atoms with E-state index in [1.807, 2.05) is 36.2 Å². The van der Waals surface area contributed by atoms with E-state index in [4.69, 9.17) is 0 Å². The molecule has 1 unspecified atom stereocenters. The third-order valence-electron chi connectivity index (χ3n) is 6.75. The molecule has 1 aromatic carbocycles. The van der Waals surface area contributed by atoms with Crippen LogP contribution < -0.4 is 15.5 Å². The Labute approximate surface area is 206 Å². The topological polar surface area (TPSA) is 75.6 Å². The highest BCUT2D eigenvalue weighted by Gasteiger charge is 2.30. The van der Waals surface area contributed by atoms with Crippen molar-refractivity contribution in [3.63, 3.8) is 0 Å². The Kier molecular flexibility index (Phi) is 6.37. The summed E-state index contributed by atoms with van der Waals surface area (Å²) in [6, 6.07) is 7.67. The molecular weight excluding hydrogens is 438 g/mol. The van der Waals surface area contributed by atoms with Gasteiger partial charge in [0.25, 0.3) is 0 Å². The number of anilines is 2. The Morgan fingerprint density at radius 2 is 2.09 bits per heavy atom. The predicted octanol–water partition coefficient (Wildman–Crippen LogP) is 2.89. The minimum Gasteiger partial charge on any atom is -0.369 e. The standard InChI is InChI=1S/C27H31N7O/c1-4-25(35)30-20-6-5-7-22(16-20)33(3)27-23-17-24(31-26(23)28-18-29-27)19-8-10-21(11-9-19)34-14-12-32(2)13-15-34/h4-8,10-11,16-18,26,31H,1,9,12-15H2,2-3H3,(H,30,35). The molecule has 0 aromatic heterocycles. The lowest BCUT2D eigenvalue weighted by Crippen LogP contribution is -2.43. The van der Waals surface area contributed by atoms with Gasteiger partial charge in [-0.2, -0.15) is 0 Å². The molecule has 0 bridgehead atoms. The number of benzene rings is 1. The summed E-state index contributed by atoms with van der Waals surface area (Å²) >= 11 is 0. The molecule has 0 saturated carbocycles. The number of carbonyl (C=O) groups excluding carboxylic acids is 1. The van der Waals surface area contributed by atoms with Crippen LogP contribution in [-0.2, 0) is 4.79 Å². The van der Waals surface area contributed by atoms with Crippen molar-refractivity contribution >= 4 is 29.5 Å². The van der Waals surface area contributed by atoms with Crippen molar-refractivity contribution in [1.82, 2.24) is 15.1 Å². The molecule has 8 nitrogen and oxygen atoms in total. The fourth-order valence-corrected chi connectivity index (χ4v) is 4.64. The third kappa shape index (κ3) is 4.83. The maximum atomic E-state index is 11.7. The number of likely N-dealkylation sites (N-methyl/N-ethyl adjacent to an activating group) is 2. The quantitative estimate of drug-likeness (QED) is 0.664. The maximum absolute atomic E-state index is 11.7. The van der Waals surface area contributed by atoms with Gasteiger partial charge in [0.05, 0.1) is 0 Å². The first-order valence-corrected chi connectivity index (χ1v) is 11.9. The molecule has 3 heterocycles. The number of amides is 1. The molecule has 0 radical (unpaired) electrons. The van der Waals surface area contributed by atoms with E-state index in [1.54, 1.807) is 6.34 Å². The molecular formula is C27H31N7O. The number of hydrogen-bond acceptors (Lipinski definition) is 7. The molecule has 180 valence electrons. The summed E-state index contributed by atoms with van der Waals surface area (Å²) in [7, 11) is 4.15. The highest BCUT2D eigenvalue weighted by Crippen LogP contribution is 2.30. The van der Waals surface area contributed by atoms with E-state index in [0.29, 0.717) is 5.69 Å². The average molecular weight is 470 g/mol. The van der Waals surface area contributed by atoms with Crippen LogP contribution in [0.3, 0.4) is 0 Å². The zero-order valence-corrected chi connectivity index (χ0v) is 20.2. The number of carbonyl (C=O) groups is 1. The Morgan fingerprint density at radius 3 is 2.83 bits per heavy atom. The van der Waals surface area contributed by atoms with Crippen molar-refractivity contribution in [1.29, 1.82) is 0 Å². The number of hydrogen-bond donors (Lipinski definition) is 2. The fourth-order valence-electron chi connectivity index (χ4n) is 4.64. The second-order valence-corrected chi connectivity index (χ2v) is 9.06. The minimum absolute atomic E-state index is 0.160. The Balaban J connectivity index is 1.33. The first kappa shape index (κ1) is 22.9. The molecule has 3 aliphatic heterocycles. The van der Waals surface area contributed by atoms with Gasteiger partial charge in [0.15, 0.2) is 0 Å². The van der Waals surface area contributed by atoms with Crippen LogP contribution in [-0.4, -0.2) is 74.3 Å². The summed E-state index contributed by atoms with van der Waals surface area (Å²) in [4.78, 5) is 27.7. The van der Waals surface area contributed by atoms with Gasteiger partial charge in [-0.25, -0.2) is 9.98 Å².